The van der Waals surface area contributed by atoms with Gasteiger partial charge < -0.3 is 5.32 Å². The molecule has 0 radical (unpaired) electrons. The first-order valence-corrected chi connectivity index (χ1v) is 11.1. The first kappa shape index (κ1) is 21.2. The van der Waals surface area contributed by atoms with E-state index in [1.807, 2.05) is 30.3 Å². The number of guanidine groups is 1. The Labute approximate surface area is 177 Å². The van der Waals surface area contributed by atoms with E-state index in [0.29, 0.717) is 12.5 Å². The summed E-state index contributed by atoms with van der Waals surface area (Å²) in [5.41, 5.74) is 3.85. The smallest absolute Gasteiger partial charge is 0.209 e. The van der Waals surface area contributed by atoms with Crippen molar-refractivity contribution >= 4 is 23.6 Å². The molecule has 2 N–H and O–H groups in total. The van der Waals surface area contributed by atoms with E-state index in [0.717, 1.165) is 38.0 Å². The average Bonchev–Trinajstić information content (AvgIpc) is 2.76. The fraction of sp³-hybridized carbons (Fsp3) is 0.409. The maximum absolute atomic E-state index is 8.88. The lowest BCUT2D eigenvalue weighted by Crippen LogP contribution is -2.27. The summed E-state index contributed by atoms with van der Waals surface area (Å²) in [7, 11) is 0. The van der Waals surface area contributed by atoms with Gasteiger partial charge in [0.15, 0.2) is 6.19 Å². The van der Waals surface area contributed by atoms with E-state index in [1.54, 1.807) is 12.4 Å². The number of hydrogen-bond acceptors (Lipinski definition) is 5. The molecule has 6 nitrogen and oxygen atoms in total. The summed E-state index contributed by atoms with van der Waals surface area (Å²) in [6.45, 7) is 2.92. The monoisotopic (exact) mass is 408 g/mol. The van der Waals surface area contributed by atoms with Crippen LogP contribution < -0.4 is 10.6 Å². The molecule has 0 spiro atoms. The first-order chi connectivity index (χ1) is 14.3. The van der Waals surface area contributed by atoms with Crippen LogP contribution in [0.25, 0.3) is 0 Å². The SMILES string of the molecule is N#CNC(=NCCCCCCSN1CCc2ccccc2C1)Nc1ccncc1. The number of fused-ring (bicyclic) bond motifs is 1. The van der Waals surface area contributed by atoms with Crippen molar-refractivity contribution in [1.82, 2.24) is 14.6 Å². The van der Waals surface area contributed by atoms with Crippen molar-refractivity contribution in [3.8, 4) is 6.19 Å². The van der Waals surface area contributed by atoms with Gasteiger partial charge in [0.25, 0.3) is 0 Å². The summed E-state index contributed by atoms with van der Waals surface area (Å²) >= 11 is 1.98. The maximum Gasteiger partial charge on any atom is 0.209 e. The molecule has 1 aromatic carbocycles. The minimum absolute atomic E-state index is 0.486. The van der Waals surface area contributed by atoms with Crippen LogP contribution in [0.1, 0.15) is 36.8 Å². The van der Waals surface area contributed by atoms with Gasteiger partial charge in [-0.15, -0.1) is 0 Å². The molecule has 0 bridgehead atoms. The number of pyridine rings is 1. The fourth-order valence-corrected chi connectivity index (χ4v) is 4.31. The molecule has 1 aliphatic rings. The van der Waals surface area contributed by atoms with Crippen LogP contribution in [0.15, 0.2) is 53.8 Å². The largest absolute Gasteiger partial charge is 0.325 e. The molecule has 2 aromatic rings. The Kier molecular flexibility index (Phi) is 8.83. The van der Waals surface area contributed by atoms with Crippen LogP contribution >= 0.6 is 11.9 Å². The Bertz CT molecular complexity index is 818. The van der Waals surface area contributed by atoms with Crippen molar-refractivity contribution in [2.75, 3.05) is 24.2 Å². The summed E-state index contributed by atoms with van der Waals surface area (Å²) in [4.78, 5) is 8.44. The predicted molar refractivity (Wildman–Crippen MR) is 120 cm³/mol. The Morgan fingerprint density at radius 2 is 1.90 bits per heavy atom. The minimum atomic E-state index is 0.486. The van der Waals surface area contributed by atoms with Crippen LogP contribution in [0.2, 0.25) is 0 Å². The second-order valence-corrected chi connectivity index (χ2v) is 8.14. The molecule has 0 atom stereocenters. The average molecular weight is 409 g/mol. The Morgan fingerprint density at radius 1 is 1.10 bits per heavy atom. The minimum Gasteiger partial charge on any atom is -0.325 e. The normalized spacial score (nSPS) is 14.1. The third-order valence-electron chi connectivity index (χ3n) is 4.81. The van der Waals surface area contributed by atoms with Crippen LogP contribution in [0.4, 0.5) is 5.69 Å². The Hall–Kier alpha value is -2.56. The van der Waals surface area contributed by atoms with Crippen LogP contribution in [0.5, 0.6) is 0 Å². The van der Waals surface area contributed by atoms with E-state index in [2.05, 4.69) is 49.2 Å². The van der Waals surface area contributed by atoms with Gasteiger partial charge in [0.1, 0.15) is 0 Å². The number of rotatable bonds is 9. The number of benzene rings is 1. The van der Waals surface area contributed by atoms with Crippen LogP contribution in [-0.2, 0) is 13.0 Å². The zero-order valence-corrected chi connectivity index (χ0v) is 17.5. The molecular weight excluding hydrogens is 380 g/mol. The number of nitrogens with one attached hydrogen (secondary N) is 2. The van der Waals surface area contributed by atoms with Gasteiger partial charge in [-0.2, -0.15) is 5.26 Å². The zero-order valence-electron chi connectivity index (χ0n) is 16.7. The molecule has 152 valence electrons. The highest BCUT2D eigenvalue weighted by Crippen LogP contribution is 2.24. The lowest BCUT2D eigenvalue weighted by molar-refractivity contribution is 0.443. The topological polar surface area (TPSA) is 76.3 Å². The third kappa shape index (κ3) is 7.41. The summed E-state index contributed by atoms with van der Waals surface area (Å²) in [5.74, 6) is 1.66. The number of anilines is 1. The molecular formula is C22H28N6S. The second-order valence-electron chi connectivity index (χ2n) is 6.96. The second kappa shape index (κ2) is 12.1. The molecule has 0 aliphatic carbocycles. The van der Waals surface area contributed by atoms with Gasteiger partial charge in [-0.1, -0.05) is 49.1 Å². The van der Waals surface area contributed by atoms with Crippen molar-refractivity contribution in [1.29, 1.82) is 5.26 Å². The van der Waals surface area contributed by atoms with Gasteiger partial charge in [0.05, 0.1) is 0 Å². The molecule has 3 rings (SSSR count). The third-order valence-corrected chi connectivity index (χ3v) is 5.96. The molecule has 0 unspecified atom stereocenters. The highest BCUT2D eigenvalue weighted by atomic mass is 32.2. The maximum atomic E-state index is 8.88. The van der Waals surface area contributed by atoms with Crippen molar-refractivity contribution in [2.45, 2.75) is 38.6 Å². The number of unbranched alkanes of at least 4 members (excludes halogenated alkanes) is 3. The predicted octanol–water partition coefficient (Wildman–Crippen LogP) is 4.19. The lowest BCUT2D eigenvalue weighted by atomic mass is 10.0. The van der Waals surface area contributed by atoms with Crippen LogP contribution in [-0.4, -0.2) is 34.1 Å². The van der Waals surface area contributed by atoms with Crippen molar-refractivity contribution in [3.63, 3.8) is 0 Å². The van der Waals surface area contributed by atoms with Crippen LogP contribution in [0, 0.1) is 11.5 Å². The zero-order chi connectivity index (χ0) is 20.2. The van der Waals surface area contributed by atoms with E-state index in [9.17, 15) is 0 Å². The molecule has 29 heavy (non-hydrogen) atoms. The number of aromatic nitrogens is 1. The van der Waals surface area contributed by atoms with Gasteiger partial charge >= 0.3 is 0 Å². The molecule has 1 aromatic heterocycles. The van der Waals surface area contributed by atoms with E-state index in [1.165, 1.54) is 29.7 Å². The van der Waals surface area contributed by atoms with Crippen LogP contribution in [0.3, 0.4) is 0 Å². The molecule has 2 heterocycles. The molecule has 1 aliphatic heterocycles. The van der Waals surface area contributed by atoms with E-state index < -0.39 is 0 Å². The van der Waals surface area contributed by atoms with E-state index in [-0.39, 0.29) is 0 Å². The van der Waals surface area contributed by atoms with Crippen molar-refractivity contribution in [2.24, 2.45) is 4.99 Å². The molecule has 0 fully saturated rings. The molecule has 0 saturated heterocycles. The summed E-state index contributed by atoms with van der Waals surface area (Å²) < 4.78 is 2.50. The summed E-state index contributed by atoms with van der Waals surface area (Å²) in [6.07, 6.45) is 11.1. The Morgan fingerprint density at radius 3 is 2.72 bits per heavy atom. The standard InChI is InChI=1S/C22H28N6S/c23-18-26-22(27-21-9-13-24-14-10-21)25-12-5-1-2-6-16-29-28-15-11-19-7-3-4-8-20(19)17-28/h3-4,7-10,13-14H,1-2,5-6,11-12,15-17H2,(H2,24,25,26,27). The highest BCUT2D eigenvalue weighted by molar-refractivity contribution is 7.96. The highest BCUT2D eigenvalue weighted by Gasteiger charge is 2.15. The van der Waals surface area contributed by atoms with Crippen molar-refractivity contribution < 1.29 is 0 Å². The number of nitrogens with zero attached hydrogens (tertiary/aromatic N) is 4. The van der Waals surface area contributed by atoms with Gasteiger partial charge in [0.2, 0.25) is 5.96 Å². The lowest BCUT2D eigenvalue weighted by Gasteiger charge is -2.27. The van der Waals surface area contributed by atoms with E-state index in [4.69, 9.17) is 5.26 Å². The number of hydrogen-bond donors (Lipinski definition) is 2. The van der Waals surface area contributed by atoms with Gasteiger partial charge in [-0.05, 0) is 42.5 Å². The first-order valence-electron chi connectivity index (χ1n) is 10.2. The molecule has 0 saturated carbocycles. The quantitative estimate of drug-likeness (QED) is 0.162. The molecule has 7 heteroatoms. The van der Waals surface area contributed by atoms with Gasteiger partial charge in [0, 0.05) is 43.5 Å². The summed E-state index contributed by atoms with van der Waals surface area (Å²) in [5, 5.41) is 14.6. The Balaban J connectivity index is 1.27. The number of nitriles is 1. The number of aliphatic imine (C=N–C) groups is 1. The summed E-state index contributed by atoms with van der Waals surface area (Å²) in [6, 6.07) is 12.5. The van der Waals surface area contributed by atoms with Gasteiger partial charge in [-0.25, -0.2) is 4.31 Å². The van der Waals surface area contributed by atoms with Crippen molar-refractivity contribution in [3.05, 3.63) is 59.9 Å². The van der Waals surface area contributed by atoms with E-state index >= 15 is 0 Å². The van der Waals surface area contributed by atoms with Gasteiger partial charge in [-0.3, -0.25) is 15.3 Å². The fourth-order valence-electron chi connectivity index (χ4n) is 3.27. The molecule has 0 amide bonds.